The predicted molar refractivity (Wildman–Crippen MR) is 56.1 cm³/mol. The van der Waals surface area contributed by atoms with Gasteiger partial charge in [-0.15, -0.1) is 5.10 Å². The van der Waals surface area contributed by atoms with Crippen LogP contribution in [0, 0.1) is 5.92 Å². The van der Waals surface area contributed by atoms with Crippen LogP contribution in [0.1, 0.15) is 19.5 Å². The highest BCUT2D eigenvalue weighted by Crippen LogP contribution is 2.18. The highest BCUT2D eigenvalue weighted by atomic mass is 35.5. The molecule has 0 spiro atoms. The van der Waals surface area contributed by atoms with Gasteiger partial charge in [0.2, 0.25) is 0 Å². The van der Waals surface area contributed by atoms with Crippen molar-refractivity contribution in [3.05, 3.63) is 10.0 Å². The van der Waals surface area contributed by atoms with Gasteiger partial charge in [0.15, 0.2) is 0 Å². The molecule has 0 saturated heterocycles. The van der Waals surface area contributed by atoms with Crippen molar-refractivity contribution in [2.75, 3.05) is 13.6 Å². The first-order valence-electron chi connectivity index (χ1n) is 4.25. The van der Waals surface area contributed by atoms with Crippen molar-refractivity contribution in [3.8, 4) is 0 Å². The highest BCUT2D eigenvalue weighted by molar-refractivity contribution is 7.10. The van der Waals surface area contributed by atoms with E-state index in [0.717, 1.165) is 18.8 Å². The van der Waals surface area contributed by atoms with Crippen molar-refractivity contribution in [2.24, 2.45) is 5.92 Å². The molecule has 1 heterocycles. The molecule has 1 aromatic heterocycles. The maximum absolute atomic E-state index is 5.89. The van der Waals surface area contributed by atoms with Gasteiger partial charge in [-0.25, -0.2) is 0 Å². The average molecular weight is 220 g/mol. The van der Waals surface area contributed by atoms with Crippen molar-refractivity contribution in [1.82, 2.24) is 14.5 Å². The normalized spacial score (nSPS) is 11.5. The van der Waals surface area contributed by atoms with Gasteiger partial charge >= 0.3 is 0 Å². The van der Waals surface area contributed by atoms with Crippen LogP contribution in [0.2, 0.25) is 4.34 Å². The summed E-state index contributed by atoms with van der Waals surface area (Å²) in [6.45, 7) is 6.22. The van der Waals surface area contributed by atoms with Gasteiger partial charge in [0.25, 0.3) is 0 Å². The zero-order chi connectivity index (χ0) is 9.84. The topological polar surface area (TPSA) is 29.0 Å². The molecule has 0 saturated carbocycles. The summed E-state index contributed by atoms with van der Waals surface area (Å²) in [5, 5.41) is 3.96. The third kappa shape index (κ3) is 3.58. The monoisotopic (exact) mass is 219 g/mol. The van der Waals surface area contributed by atoms with Gasteiger partial charge in [-0.3, -0.25) is 0 Å². The largest absolute Gasteiger partial charge is 0.300 e. The number of hydrogen-bond donors (Lipinski definition) is 0. The number of rotatable bonds is 4. The molecule has 1 aromatic rings. The van der Waals surface area contributed by atoms with Crippen LogP contribution >= 0.6 is 23.1 Å². The summed E-state index contributed by atoms with van der Waals surface area (Å²) in [5.74, 6) is 0.662. The minimum atomic E-state index is 0.662. The lowest BCUT2D eigenvalue weighted by Gasteiger charge is -2.17. The molecule has 0 unspecified atom stereocenters. The maximum Gasteiger partial charge on any atom is 0.138 e. The van der Waals surface area contributed by atoms with Crippen LogP contribution in [-0.4, -0.2) is 28.1 Å². The molecule has 74 valence electrons. The summed E-state index contributed by atoms with van der Waals surface area (Å²) in [7, 11) is 2.07. The lowest BCUT2D eigenvalue weighted by atomic mass is 10.2. The fourth-order valence-electron chi connectivity index (χ4n) is 1.23. The molecule has 0 bridgehead atoms. The Labute approximate surface area is 87.9 Å². The number of halogens is 1. The van der Waals surface area contributed by atoms with Crippen LogP contribution in [0.4, 0.5) is 0 Å². The van der Waals surface area contributed by atoms with E-state index in [0.29, 0.717) is 10.3 Å². The fraction of sp³-hybridized carbons (Fsp3) is 0.750. The van der Waals surface area contributed by atoms with E-state index < -0.39 is 0 Å². The van der Waals surface area contributed by atoms with Crippen molar-refractivity contribution in [1.29, 1.82) is 0 Å². The van der Waals surface area contributed by atoms with Gasteiger partial charge in [-0.05, 0) is 13.0 Å². The maximum atomic E-state index is 5.89. The first-order valence-corrected chi connectivity index (χ1v) is 5.40. The summed E-state index contributed by atoms with van der Waals surface area (Å²) in [6.07, 6.45) is 0. The van der Waals surface area contributed by atoms with E-state index in [1.165, 1.54) is 11.5 Å². The van der Waals surface area contributed by atoms with Crippen LogP contribution in [0.25, 0.3) is 0 Å². The Hall–Kier alpha value is -0.190. The molecule has 0 aromatic carbocycles. The Morgan fingerprint density at radius 3 is 2.69 bits per heavy atom. The van der Waals surface area contributed by atoms with E-state index in [1.807, 2.05) is 0 Å². The molecule has 0 atom stereocenters. The Balaban J connectivity index is 2.45. The summed E-state index contributed by atoms with van der Waals surface area (Å²) in [5.41, 5.74) is 0.884. The highest BCUT2D eigenvalue weighted by Gasteiger charge is 2.09. The predicted octanol–water partition coefficient (Wildman–Crippen LogP) is 2.28. The second kappa shape index (κ2) is 4.88. The van der Waals surface area contributed by atoms with Gasteiger partial charge in [0.1, 0.15) is 10.0 Å². The lowest BCUT2D eigenvalue weighted by molar-refractivity contribution is 0.285. The Bertz CT molecular complexity index is 262. The Morgan fingerprint density at radius 2 is 2.23 bits per heavy atom. The fourth-order valence-corrected chi connectivity index (χ4v) is 1.85. The van der Waals surface area contributed by atoms with Crippen molar-refractivity contribution >= 4 is 23.1 Å². The van der Waals surface area contributed by atoms with Gasteiger partial charge < -0.3 is 4.90 Å². The molecule has 0 aliphatic heterocycles. The minimum Gasteiger partial charge on any atom is -0.300 e. The minimum absolute atomic E-state index is 0.662. The van der Waals surface area contributed by atoms with Crippen molar-refractivity contribution < 1.29 is 0 Å². The zero-order valence-electron chi connectivity index (χ0n) is 8.12. The summed E-state index contributed by atoms with van der Waals surface area (Å²) in [4.78, 5) is 2.20. The van der Waals surface area contributed by atoms with Crippen LogP contribution in [0.3, 0.4) is 0 Å². The third-order valence-corrected chi connectivity index (χ3v) is 2.59. The molecule has 13 heavy (non-hydrogen) atoms. The van der Waals surface area contributed by atoms with Crippen LogP contribution in [-0.2, 0) is 6.54 Å². The molecule has 1 rings (SSSR count). The zero-order valence-corrected chi connectivity index (χ0v) is 9.69. The van der Waals surface area contributed by atoms with E-state index >= 15 is 0 Å². The third-order valence-electron chi connectivity index (χ3n) is 1.61. The molecule has 0 aliphatic rings. The van der Waals surface area contributed by atoms with E-state index in [1.54, 1.807) is 0 Å². The average Bonchev–Trinajstić information content (AvgIpc) is 2.34. The number of nitrogens with zero attached hydrogens (tertiary/aromatic N) is 3. The molecule has 0 aliphatic carbocycles. The van der Waals surface area contributed by atoms with Gasteiger partial charge in [-0.1, -0.05) is 29.9 Å². The second-order valence-electron chi connectivity index (χ2n) is 3.58. The molecular formula is C8H14ClN3S. The van der Waals surface area contributed by atoms with Gasteiger partial charge in [0.05, 0.1) is 0 Å². The summed E-state index contributed by atoms with van der Waals surface area (Å²) < 4.78 is 4.49. The van der Waals surface area contributed by atoms with Crippen molar-refractivity contribution in [2.45, 2.75) is 20.4 Å². The lowest BCUT2D eigenvalue weighted by Crippen LogP contribution is -2.22. The molecule has 0 radical (unpaired) electrons. The van der Waals surface area contributed by atoms with Crippen LogP contribution in [0.15, 0.2) is 0 Å². The Morgan fingerprint density at radius 1 is 1.54 bits per heavy atom. The molecular weight excluding hydrogens is 206 g/mol. The molecule has 0 amide bonds. The smallest absolute Gasteiger partial charge is 0.138 e. The van der Waals surface area contributed by atoms with E-state index in [-0.39, 0.29) is 0 Å². The van der Waals surface area contributed by atoms with Crippen LogP contribution in [0.5, 0.6) is 0 Å². The number of aromatic nitrogens is 2. The van der Waals surface area contributed by atoms with E-state index in [9.17, 15) is 0 Å². The van der Waals surface area contributed by atoms with E-state index in [2.05, 4.69) is 35.4 Å². The molecule has 0 N–H and O–H groups in total. The quantitative estimate of drug-likeness (QED) is 0.778. The first kappa shape index (κ1) is 10.9. The molecule has 0 fully saturated rings. The van der Waals surface area contributed by atoms with Gasteiger partial charge in [0, 0.05) is 24.6 Å². The van der Waals surface area contributed by atoms with Gasteiger partial charge in [-0.2, -0.15) is 0 Å². The standard InChI is InChI=1S/C8H14ClN3S/c1-6(2)4-12(3)5-7-8(9)13-11-10-7/h6H,4-5H2,1-3H3. The summed E-state index contributed by atoms with van der Waals surface area (Å²) in [6, 6.07) is 0. The second-order valence-corrected chi connectivity index (χ2v) is 4.94. The van der Waals surface area contributed by atoms with E-state index in [4.69, 9.17) is 11.6 Å². The SMILES string of the molecule is CC(C)CN(C)Cc1nnsc1Cl. The summed E-state index contributed by atoms with van der Waals surface area (Å²) >= 11 is 7.13. The van der Waals surface area contributed by atoms with Crippen molar-refractivity contribution in [3.63, 3.8) is 0 Å². The first-order chi connectivity index (χ1) is 6.09. The van der Waals surface area contributed by atoms with Crippen LogP contribution < -0.4 is 0 Å². The Kier molecular flexibility index (Phi) is 4.09. The number of hydrogen-bond acceptors (Lipinski definition) is 4. The molecule has 5 heteroatoms. The molecule has 3 nitrogen and oxygen atoms in total.